The van der Waals surface area contributed by atoms with Crippen LogP contribution < -0.4 is 32.9 Å². The summed E-state index contributed by atoms with van der Waals surface area (Å²) in [5.41, 5.74) is 4.69. The highest BCUT2D eigenvalue weighted by molar-refractivity contribution is 7.53. The van der Waals surface area contributed by atoms with Crippen LogP contribution in [0.5, 0.6) is 0 Å². The number of aryl methyl sites for hydroxylation is 1. The molecule has 0 saturated carbocycles. The van der Waals surface area contributed by atoms with Crippen LogP contribution in [0, 0.1) is 0 Å². The molecule has 0 aliphatic carbocycles. The number of rotatable bonds is 22. The molecule has 0 bridgehead atoms. The third kappa shape index (κ3) is 11.7. The molecule has 1 saturated heterocycles. The number of hydrogen-bond donors (Lipinski definition) is 5. The van der Waals surface area contributed by atoms with Gasteiger partial charge in [-0.05, 0) is 58.4 Å². The van der Waals surface area contributed by atoms with Crippen LogP contribution in [0.25, 0.3) is 0 Å². The first-order valence-electron chi connectivity index (χ1n) is 15.5. The number of aromatic amines is 1. The molecule has 0 aromatic carbocycles. The molecule has 260 valence electrons. The van der Waals surface area contributed by atoms with Gasteiger partial charge in [-0.2, -0.15) is 0 Å². The van der Waals surface area contributed by atoms with Gasteiger partial charge in [0.05, 0.1) is 12.7 Å². The van der Waals surface area contributed by atoms with Gasteiger partial charge in [-0.3, -0.25) is 28.1 Å². The summed E-state index contributed by atoms with van der Waals surface area (Å²) in [6.07, 6.45) is 2.27. The smallest absolute Gasteiger partial charge is 0.407 e. The number of amides is 1. The Balaban J connectivity index is 1.45. The van der Waals surface area contributed by atoms with Crippen molar-refractivity contribution in [3.63, 3.8) is 0 Å². The zero-order valence-corrected chi connectivity index (χ0v) is 27.6. The Kier molecular flexibility index (Phi) is 16.0. The quantitative estimate of drug-likeness (QED) is 0.0813. The van der Waals surface area contributed by atoms with Crippen LogP contribution in [0.15, 0.2) is 28.0 Å². The summed E-state index contributed by atoms with van der Waals surface area (Å²) in [7, 11) is -0.944. The van der Waals surface area contributed by atoms with E-state index in [1.165, 1.54) is 20.4 Å². The summed E-state index contributed by atoms with van der Waals surface area (Å²) >= 11 is 0. The standard InChI is InChI=1S/C27H48N9O9P/c1-4-46(40,42-3)45-23-21(44-25(24(23)41-2)36-16-9-22(37)32-26(36)38)19-43-27(39)31-17-20-18-35(34-33-20)15-8-14-30-12-6-5-11-29-13-7-10-28/h9,16,18,21,23-25,29-30H,4-8,10-15,17,19,28H2,1-3H3,(H,31,39)(H,32,37,38). The van der Waals surface area contributed by atoms with Crippen LogP contribution >= 0.6 is 7.60 Å². The van der Waals surface area contributed by atoms with E-state index in [1.807, 2.05) is 0 Å². The predicted octanol–water partition coefficient (Wildman–Crippen LogP) is -0.0902. The Bertz CT molecular complexity index is 1350. The van der Waals surface area contributed by atoms with Crippen molar-refractivity contribution in [3.8, 4) is 0 Å². The molecule has 2 aromatic rings. The molecule has 19 heteroatoms. The van der Waals surface area contributed by atoms with Gasteiger partial charge in [0.15, 0.2) is 6.23 Å². The molecule has 2 aromatic heterocycles. The number of nitrogens with two attached hydrogens (primary N) is 1. The maximum absolute atomic E-state index is 13.0. The molecular formula is C27H48N9O9P. The maximum Gasteiger partial charge on any atom is 0.407 e. The maximum atomic E-state index is 13.0. The summed E-state index contributed by atoms with van der Waals surface area (Å²) in [5.74, 6) is 0. The van der Waals surface area contributed by atoms with Crippen LogP contribution in [-0.2, 0) is 40.9 Å². The van der Waals surface area contributed by atoms with E-state index in [-0.39, 0.29) is 19.3 Å². The number of nitrogens with one attached hydrogen (secondary N) is 4. The van der Waals surface area contributed by atoms with Gasteiger partial charge in [-0.25, -0.2) is 9.59 Å². The second-order valence-corrected chi connectivity index (χ2v) is 13.0. The number of nitrogens with zero attached hydrogens (tertiary/aromatic N) is 4. The molecule has 0 radical (unpaired) electrons. The predicted molar refractivity (Wildman–Crippen MR) is 168 cm³/mol. The summed E-state index contributed by atoms with van der Waals surface area (Å²) < 4.78 is 43.7. The molecule has 3 heterocycles. The summed E-state index contributed by atoms with van der Waals surface area (Å²) in [6.45, 7) is 6.54. The van der Waals surface area contributed by atoms with E-state index in [2.05, 4.69) is 31.2 Å². The lowest BCUT2D eigenvalue weighted by molar-refractivity contribution is -0.0637. The van der Waals surface area contributed by atoms with Crippen molar-refractivity contribution in [2.75, 3.05) is 59.7 Å². The van der Waals surface area contributed by atoms with Crippen molar-refractivity contribution in [2.24, 2.45) is 5.73 Å². The number of ether oxygens (including phenoxy) is 3. The molecule has 1 fully saturated rings. The Hall–Kier alpha value is -2.96. The van der Waals surface area contributed by atoms with Gasteiger partial charge in [0, 0.05) is 39.2 Å². The number of unbranched alkanes of at least 4 members (excludes halogenated alkanes) is 1. The van der Waals surface area contributed by atoms with Crippen LogP contribution in [0.3, 0.4) is 0 Å². The largest absolute Gasteiger partial charge is 0.447 e. The number of alkyl carbamates (subject to hydrolysis) is 1. The second-order valence-electron chi connectivity index (χ2n) is 10.6. The van der Waals surface area contributed by atoms with Gasteiger partial charge < -0.3 is 40.4 Å². The van der Waals surface area contributed by atoms with E-state index in [0.29, 0.717) is 18.8 Å². The SMILES string of the molecule is CCP(=O)(OC)OC1C(COC(=O)NCc2cn(CCCNCCCCNCCCN)nn2)OC(n2ccc(=O)[nH]c2=O)C1OC. The van der Waals surface area contributed by atoms with Gasteiger partial charge in [0.2, 0.25) is 0 Å². The first-order chi connectivity index (χ1) is 22.2. The zero-order chi connectivity index (χ0) is 33.4. The lowest BCUT2D eigenvalue weighted by Gasteiger charge is -2.26. The van der Waals surface area contributed by atoms with Crippen LogP contribution in [-0.4, -0.2) is 109 Å². The zero-order valence-electron chi connectivity index (χ0n) is 26.7. The minimum atomic E-state index is -3.56. The Morgan fingerprint density at radius 3 is 2.48 bits per heavy atom. The lowest BCUT2D eigenvalue weighted by atomic mass is 10.1. The third-order valence-corrected chi connectivity index (χ3v) is 9.16. The fourth-order valence-electron chi connectivity index (χ4n) is 4.75. The molecule has 18 nitrogen and oxygen atoms in total. The van der Waals surface area contributed by atoms with Gasteiger partial charge in [-0.1, -0.05) is 12.1 Å². The Morgan fingerprint density at radius 1 is 1.11 bits per heavy atom. The topological polar surface area (TPSA) is 228 Å². The highest BCUT2D eigenvalue weighted by Crippen LogP contribution is 2.51. The minimum absolute atomic E-state index is 0.0547. The number of carbonyl (C=O) groups excluding carboxylic acids is 1. The van der Waals surface area contributed by atoms with Crippen molar-refractivity contribution < 1.29 is 32.6 Å². The van der Waals surface area contributed by atoms with E-state index in [9.17, 15) is 18.9 Å². The molecule has 0 spiro atoms. The van der Waals surface area contributed by atoms with E-state index in [1.54, 1.807) is 17.8 Å². The van der Waals surface area contributed by atoms with Crippen molar-refractivity contribution >= 4 is 13.7 Å². The first kappa shape index (κ1) is 37.5. The van der Waals surface area contributed by atoms with E-state index in [4.69, 9.17) is 29.0 Å². The highest BCUT2D eigenvalue weighted by atomic mass is 31.2. The first-order valence-corrected chi connectivity index (χ1v) is 17.2. The molecule has 6 N–H and O–H groups in total. The molecule has 1 aliphatic heterocycles. The van der Waals surface area contributed by atoms with E-state index < -0.39 is 49.5 Å². The fourth-order valence-corrected chi connectivity index (χ4v) is 5.87. The number of methoxy groups -OCH3 is 1. The number of hydrogen-bond acceptors (Lipinski definition) is 14. The van der Waals surface area contributed by atoms with Crippen molar-refractivity contribution in [3.05, 3.63) is 45.0 Å². The molecular weight excluding hydrogens is 625 g/mol. The molecule has 5 atom stereocenters. The van der Waals surface area contributed by atoms with Crippen molar-refractivity contribution in [2.45, 2.75) is 70.2 Å². The molecule has 5 unspecified atom stereocenters. The van der Waals surface area contributed by atoms with E-state index in [0.717, 1.165) is 62.5 Å². The molecule has 3 rings (SSSR count). The van der Waals surface area contributed by atoms with E-state index >= 15 is 0 Å². The summed E-state index contributed by atoms with van der Waals surface area (Å²) in [6, 6.07) is 1.15. The fraction of sp³-hybridized carbons (Fsp3) is 0.741. The molecule has 1 amide bonds. The van der Waals surface area contributed by atoms with Gasteiger partial charge >= 0.3 is 19.4 Å². The Morgan fingerprint density at radius 2 is 1.83 bits per heavy atom. The number of aromatic nitrogens is 5. The summed E-state index contributed by atoms with van der Waals surface area (Å²) in [5, 5.41) is 17.6. The van der Waals surface area contributed by atoms with Crippen molar-refractivity contribution in [1.29, 1.82) is 0 Å². The van der Waals surface area contributed by atoms with Gasteiger partial charge in [-0.15, -0.1) is 5.10 Å². The average Bonchev–Trinajstić information content (AvgIpc) is 3.65. The van der Waals surface area contributed by atoms with Gasteiger partial charge in [0.25, 0.3) is 5.56 Å². The number of H-pyrrole nitrogens is 1. The number of carbonyl (C=O) groups is 1. The van der Waals surface area contributed by atoms with Crippen LogP contribution in [0.2, 0.25) is 0 Å². The Labute approximate surface area is 267 Å². The molecule has 1 aliphatic rings. The molecule has 46 heavy (non-hydrogen) atoms. The summed E-state index contributed by atoms with van der Waals surface area (Å²) in [4.78, 5) is 38.8. The monoisotopic (exact) mass is 673 g/mol. The average molecular weight is 674 g/mol. The van der Waals surface area contributed by atoms with Crippen molar-refractivity contribution in [1.82, 2.24) is 40.5 Å². The second kappa shape index (κ2) is 19.6. The van der Waals surface area contributed by atoms with Gasteiger partial charge in [0.1, 0.15) is 30.6 Å². The lowest BCUT2D eigenvalue weighted by Crippen LogP contribution is -2.40. The highest BCUT2D eigenvalue weighted by Gasteiger charge is 2.50. The minimum Gasteiger partial charge on any atom is -0.447 e. The normalized spacial score (nSPS) is 20.9. The van der Waals surface area contributed by atoms with Crippen LogP contribution in [0.1, 0.15) is 44.5 Å². The third-order valence-electron chi connectivity index (χ3n) is 7.26. The van der Waals surface area contributed by atoms with Crippen LogP contribution in [0.4, 0.5) is 4.79 Å².